The Balaban J connectivity index is 3.05. The lowest BCUT2D eigenvalue weighted by atomic mass is 9.87. The molecule has 3 heteroatoms. The first-order chi connectivity index (χ1) is 6.83. The molecule has 0 heterocycles. The second-order valence-electron chi connectivity index (χ2n) is 5.05. The number of phenols is 2. The van der Waals surface area contributed by atoms with Crippen LogP contribution in [0, 0.1) is 5.41 Å². The van der Waals surface area contributed by atoms with E-state index in [1.807, 2.05) is 0 Å². The monoisotopic (exact) mass is 209 g/mol. The predicted molar refractivity (Wildman–Crippen MR) is 60.8 cm³/mol. The van der Waals surface area contributed by atoms with E-state index in [1.54, 1.807) is 6.07 Å². The Hall–Kier alpha value is -1.22. The molecule has 0 unspecified atom stereocenters. The Labute approximate surface area is 90.5 Å². The van der Waals surface area contributed by atoms with E-state index in [9.17, 15) is 10.2 Å². The summed E-state index contributed by atoms with van der Waals surface area (Å²) >= 11 is 0. The van der Waals surface area contributed by atoms with Crippen LogP contribution in [-0.4, -0.2) is 10.2 Å². The molecule has 0 saturated carbocycles. The van der Waals surface area contributed by atoms with Crippen LogP contribution in [-0.2, 0) is 13.0 Å². The number of nitrogens with two attached hydrogens (primary N) is 1. The number of rotatable bonds is 2. The number of hydrogen-bond acceptors (Lipinski definition) is 3. The summed E-state index contributed by atoms with van der Waals surface area (Å²) in [5, 5.41) is 19.4. The molecule has 0 aromatic heterocycles. The first-order valence-electron chi connectivity index (χ1n) is 5.07. The first-order valence-corrected chi connectivity index (χ1v) is 5.07. The van der Waals surface area contributed by atoms with E-state index < -0.39 is 0 Å². The Morgan fingerprint density at radius 3 is 2.00 bits per heavy atom. The average molecular weight is 209 g/mol. The molecular formula is C12H19NO2. The summed E-state index contributed by atoms with van der Waals surface area (Å²) in [6.07, 6.45) is 0.719. The van der Waals surface area contributed by atoms with Gasteiger partial charge in [0.2, 0.25) is 0 Å². The zero-order valence-electron chi connectivity index (χ0n) is 9.54. The maximum atomic E-state index is 9.74. The lowest BCUT2D eigenvalue weighted by Crippen LogP contribution is -2.09. The molecule has 0 atom stereocenters. The van der Waals surface area contributed by atoms with Gasteiger partial charge in [0.15, 0.2) is 0 Å². The van der Waals surface area contributed by atoms with Gasteiger partial charge in [-0.05, 0) is 29.5 Å². The molecule has 0 spiro atoms. The van der Waals surface area contributed by atoms with Crippen molar-refractivity contribution in [3.05, 3.63) is 23.3 Å². The zero-order chi connectivity index (χ0) is 11.6. The molecule has 0 amide bonds. The van der Waals surface area contributed by atoms with Crippen LogP contribution in [0.5, 0.6) is 11.5 Å². The number of hydrogen-bond donors (Lipinski definition) is 3. The molecule has 1 aromatic carbocycles. The molecule has 15 heavy (non-hydrogen) atoms. The van der Waals surface area contributed by atoms with Gasteiger partial charge in [-0.2, -0.15) is 0 Å². The van der Waals surface area contributed by atoms with Crippen molar-refractivity contribution in [2.45, 2.75) is 33.7 Å². The van der Waals surface area contributed by atoms with Crippen LogP contribution in [0.3, 0.4) is 0 Å². The van der Waals surface area contributed by atoms with Crippen LogP contribution in [0.2, 0.25) is 0 Å². The standard InChI is InChI=1S/C12H19NO2/c1-12(2,3)6-8-4-11(15)9(7-13)5-10(8)14/h4-5,14-15H,6-7,13H2,1-3H3. The molecule has 1 rings (SSSR count). The molecular weight excluding hydrogens is 190 g/mol. The minimum atomic E-state index is 0.0775. The van der Waals surface area contributed by atoms with Gasteiger partial charge in [0.1, 0.15) is 11.5 Å². The maximum absolute atomic E-state index is 9.74. The van der Waals surface area contributed by atoms with Crippen molar-refractivity contribution in [2.75, 3.05) is 0 Å². The highest BCUT2D eigenvalue weighted by Gasteiger charge is 2.15. The highest BCUT2D eigenvalue weighted by Crippen LogP contribution is 2.31. The van der Waals surface area contributed by atoms with Gasteiger partial charge < -0.3 is 15.9 Å². The van der Waals surface area contributed by atoms with Gasteiger partial charge in [-0.1, -0.05) is 20.8 Å². The Morgan fingerprint density at radius 1 is 1.07 bits per heavy atom. The van der Waals surface area contributed by atoms with Gasteiger partial charge >= 0.3 is 0 Å². The molecule has 0 aliphatic rings. The van der Waals surface area contributed by atoms with E-state index in [-0.39, 0.29) is 23.5 Å². The quantitative estimate of drug-likeness (QED) is 0.654. The number of aromatic hydroxyl groups is 2. The van der Waals surface area contributed by atoms with E-state index in [2.05, 4.69) is 20.8 Å². The van der Waals surface area contributed by atoms with E-state index in [0.29, 0.717) is 5.56 Å². The van der Waals surface area contributed by atoms with E-state index in [0.717, 1.165) is 12.0 Å². The average Bonchev–Trinajstić information content (AvgIpc) is 2.08. The minimum absolute atomic E-state index is 0.0775. The van der Waals surface area contributed by atoms with Crippen LogP contribution < -0.4 is 5.73 Å². The molecule has 3 nitrogen and oxygen atoms in total. The summed E-state index contributed by atoms with van der Waals surface area (Å²) in [7, 11) is 0. The van der Waals surface area contributed by atoms with Crippen molar-refractivity contribution in [1.82, 2.24) is 0 Å². The van der Waals surface area contributed by atoms with E-state index in [1.165, 1.54) is 6.07 Å². The highest BCUT2D eigenvalue weighted by molar-refractivity contribution is 5.45. The van der Waals surface area contributed by atoms with Crippen molar-refractivity contribution in [1.29, 1.82) is 0 Å². The van der Waals surface area contributed by atoms with Crippen molar-refractivity contribution in [3.8, 4) is 11.5 Å². The summed E-state index contributed by atoms with van der Waals surface area (Å²) in [5.74, 6) is 0.373. The highest BCUT2D eigenvalue weighted by atomic mass is 16.3. The lowest BCUT2D eigenvalue weighted by Gasteiger charge is -2.19. The molecule has 0 aliphatic carbocycles. The SMILES string of the molecule is CC(C)(C)Cc1cc(O)c(CN)cc1O. The normalized spacial score (nSPS) is 11.7. The summed E-state index contributed by atoms with van der Waals surface area (Å²) in [5.41, 5.74) is 6.84. The van der Waals surface area contributed by atoms with Crippen LogP contribution in [0.15, 0.2) is 12.1 Å². The molecule has 0 fully saturated rings. The fourth-order valence-electron chi connectivity index (χ4n) is 1.54. The topological polar surface area (TPSA) is 66.5 Å². The van der Waals surface area contributed by atoms with Crippen LogP contribution in [0.25, 0.3) is 0 Å². The van der Waals surface area contributed by atoms with Gasteiger partial charge in [-0.15, -0.1) is 0 Å². The molecule has 0 bridgehead atoms. The zero-order valence-corrected chi connectivity index (χ0v) is 9.54. The third-order valence-corrected chi connectivity index (χ3v) is 2.22. The molecule has 4 N–H and O–H groups in total. The van der Waals surface area contributed by atoms with Gasteiger partial charge in [0, 0.05) is 12.1 Å². The lowest BCUT2D eigenvalue weighted by molar-refractivity contribution is 0.391. The molecule has 0 aliphatic heterocycles. The minimum Gasteiger partial charge on any atom is -0.508 e. The largest absolute Gasteiger partial charge is 0.508 e. The van der Waals surface area contributed by atoms with Crippen molar-refractivity contribution in [3.63, 3.8) is 0 Å². The summed E-state index contributed by atoms with van der Waals surface area (Å²) in [6, 6.07) is 3.14. The fraction of sp³-hybridized carbons (Fsp3) is 0.500. The number of phenolic OH excluding ortho intramolecular Hbond substituents is 2. The van der Waals surface area contributed by atoms with Crippen molar-refractivity contribution < 1.29 is 10.2 Å². The van der Waals surface area contributed by atoms with Gasteiger partial charge in [0.25, 0.3) is 0 Å². The van der Waals surface area contributed by atoms with Gasteiger partial charge in [0.05, 0.1) is 0 Å². The third kappa shape index (κ3) is 3.13. The van der Waals surface area contributed by atoms with Gasteiger partial charge in [-0.25, -0.2) is 0 Å². The van der Waals surface area contributed by atoms with Crippen LogP contribution in [0.1, 0.15) is 31.9 Å². The third-order valence-electron chi connectivity index (χ3n) is 2.22. The molecule has 1 aromatic rings. The summed E-state index contributed by atoms with van der Waals surface area (Å²) in [6.45, 7) is 6.48. The Bertz CT molecular complexity index is 353. The second kappa shape index (κ2) is 4.11. The van der Waals surface area contributed by atoms with Crippen molar-refractivity contribution in [2.24, 2.45) is 11.1 Å². The Morgan fingerprint density at radius 2 is 1.53 bits per heavy atom. The second-order valence-corrected chi connectivity index (χ2v) is 5.05. The molecule has 0 saturated heterocycles. The predicted octanol–water partition coefficient (Wildman–Crippen LogP) is 2.15. The summed E-state index contributed by atoms with van der Waals surface area (Å²) in [4.78, 5) is 0. The summed E-state index contributed by atoms with van der Waals surface area (Å²) < 4.78 is 0. The van der Waals surface area contributed by atoms with Gasteiger partial charge in [-0.3, -0.25) is 0 Å². The Kier molecular flexibility index (Phi) is 3.25. The molecule has 84 valence electrons. The maximum Gasteiger partial charge on any atom is 0.120 e. The van der Waals surface area contributed by atoms with E-state index in [4.69, 9.17) is 5.73 Å². The fourth-order valence-corrected chi connectivity index (χ4v) is 1.54. The van der Waals surface area contributed by atoms with Crippen LogP contribution in [0.4, 0.5) is 0 Å². The smallest absolute Gasteiger partial charge is 0.120 e. The first kappa shape index (κ1) is 11.9. The number of benzene rings is 1. The molecule has 0 radical (unpaired) electrons. The van der Waals surface area contributed by atoms with E-state index >= 15 is 0 Å². The van der Waals surface area contributed by atoms with Crippen molar-refractivity contribution >= 4 is 0 Å². The van der Waals surface area contributed by atoms with Crippen LogP contribution >= 0.6 is 0 Å².